The fraction of sp³-hybridized carbons (Fsp3) is 0.970. The summed E-state index contributed by atoms with van der Waals surface area (Å²) in [6.45, 7) is 1.93. The number of rotatable bonds is 6. The van der Waals surface area contributed by atoms with Crippen molar-refractivity contribution in [1.29, 1.82) is 0 Å². The summed E-state index contributed by atoms with van der Waals surface area (Å²) in [5, 5.41) is 1.91. The molecule has 0 spiro atoms. The van der Waals surface area contributed by atoms with Crippen molar-refractivity contribution in [2.24, 2.45) is 41.4 Å². The average molecular weight is 667 g/mol. The van der Waals surface area contributed by atoms with E-state index in [0.29, 0.717) is 32.1 Å². The smallest absolute Gasteiger partial charge is 0.371 e. The number of hydrogen-bond acceptors (Lipinski definition) is 4. The van der Waals surface area contributed by atoms with Gasteiger partial charge in [-0.1, -0.05) is 19.3 Å². The van der Waals surface area contributed by atoms with Crippen molar-refractivity contribution < 1.29 is 39.9 Å². The lowest BCUT2D eigenvalue weighted by Gasteiger charge is -2.52. The van der Waals surface area contributed by atoms with Gasteiger partial charge in [-0.3, -0.25) is 4.79 Å². The second-order valence-corrected chi connectivity index (χ2v) is 17.4. The van der Waals surface area contributed by atoms with E-state index in [2.05, 4.69) is 5.32 Å². The zero-order valence-corrected chi connectivity index (χ0v) is 27.2. The molecular formula is C33H51F5N2O4S. The minimum absolute atomic E-state index is 0.0336. The molecule has 2 bridgehead atoms. The Labute approximate surface area is 265 Å². The Morgan fingerprint density at radius 3 is 2.27 bits per heavy atom. The summed E-state index contributed by atoms with van der Waals surface area (Å²) < 4.78 is 108. The molecule has 10 atom stereocenters. The minimum Gasteiger partial charge on any atom is -0.371 e. The Morgan fingerprint density at radius 1 is 0.844 bits per heavy atom. The topological polar surface area (TPSA) is 75.7 Å². The normalized spacial score (nSPS) is 43.8. The maximum Gasteiger partial charge on any atom is 0.392 e. The summed E-state index contributed by atoms with van der Waals surface area (Å²) in [6.07, 6.45) is 0.427. The molecule has 0 radical (unpaired) electrons. The van der Waals surface area contributed by atoms with Gasteiger partial charge in [0.15, 0.2) is 0 Å². The fourth-order valence-electron chi connectivity index (χ4n) is 10.0. The van der Waals surface area contributed by atoms with Crippen LogP contribution in [0.3, 0.4) is 0 Å². The highest BCUT2D eigenvalue weighted by molar-refractivity contribution is 7.89. The van der Waals surface area contributed by atoms with Gasteiger partial charge in [-0.05, 0) is 108 Å². The highest BCUT2D eigenvalue weighted by atomic mass is 32.2. The highest BCUT2D eigenvalue weighted by Gasteiger charge is 2.60. The van der Waals surface area contributed by atoms with Crippen molar-refractivity contribution in [3.8, 4) is 0 Å². The molecule has 6 saturated carbocycles. The Balaban J connectivity index is 1.24. The quantitative estimate of drug-likeness (QED) is 0.252. The van der Waals surface area contributed by atoms with Crippen LogP contribution in [-0.4, -0.2) is 73.7 Å². The molecule has 0 aromatic heterocycles. The summed E-state index contributed by atoms with van der Waals surface area (Å²) in [4.78, 5) is 13.0. The van der Waals surface area contributed by atoms with Crippen molar-refractivity contribution in [3.63, 3.8) is 0 Å². The molecule has 258 valence electrons. The summed E-state index contributed by atoms with van der Waals surface area (Å²) in [6, 6.07) is -0.554. The van der Waals surface area contributed by atoms with Gasteiger partial charge in [-0.25, -0.2) is 17.2 Å². The number of fused-ring (bicyclic) bond motifs is 3. The molecule has 1 aliphatic heterocycles. The third-order valence-electron chi connectivity index (χ3n) is 12.7. The Kier molecular flexibility index (Phi) is 10.1. The zero-order chi connectivity index (χ0) is 32.1. The largest absolute Gasteiger partial charge is 0.392 e. The van der Waals surface area contributed by atoms with Crippen LogP contribution in [0.15, 0.2) is 0 Å². The van der Waals surface area contributed by atoms with E-state index in [4.69, 9.17) is 4.74 Å². The number of nitrogens with one attached hydrogen (secondary N) is 1. The van der Waals surface area contributed by atoms with E-state index in [-0.39, 0.29) is 80.4 Å². The van der Waals surface area contributed by atoms with Gasteiger partial charge in [0.05, 0.1) is 23.4 Å². The van der Waals surface area contributed by atoms with Gasteiger partial charge in [0.25, 0.3) is 0 Å². The van der Waals surface area contributed by atoms with Crippen LogP contribution < -0.4 is 5.32 Å². The van der Waals surface area contributed by atoms with E-state index >= 15 is 4.39 Å². The minimum atomic E-state index is -4.44. The first-order chi connectivity index (χ1) is 21.3. The zero-order valence-electron chi connectivity index (χ0n) is 26.4. The van der Waals surface area contributed by atoms with Gasteiger partial charge >= 0.3 is 6.18 Å². The summed E-state index contributed by atoms with van der Waals surface area (Å²) in [5.41, 5.74) is 0. The van der Waals surface area contributed by atoms with Gasteiger partial charge in [0, 0.05) is 31.0 Å². The number of amides is 1. The third-order valence-corrected chi connectivity index (χ3v) is 15.2. The van der Waals surface area contributed by atoms with Gasteiger partial charge in [0.1, 0.15) is 12.3 Å². The molecule has 0 aromatic rings. The molecule has 6 nitrogen and oxygen atoms in total. The summed E-state index contributed by atoms with van der Waals surface area (Å²) in [5.74, 6) is -3.15. The first-order valence-electron chi connectivity index (χ1n) is 17.6. The second-order valence-electron chi connectivity index (χ2n) is 15.3. The van der Waals surface area contributed by atoms with Crippen molar-refractivity contribution in [1.82, 2.24) is 9.62 Å². The van der Waals surface area contributed by atoms with Crippen LogP contribution in [0.1, 0.15) is 103 Å². The van der Waals surface area contributed by atoms with Crippen LogP contribution in [0.2, 0.25) is 0 Å². The van der Waals surface area contributed by atoms with Crippen molar-refractivity contribution in [2.45, 2.75) is 145 Å². The van der Waals surface area contributed by atoms with Crippen molar-refractivity contribution >= 4 is 15.9 Å². The van der Waals surface area contributed by atoms with Crippen LogP contribution >= 0.6 is 0 Å². The maximum absolute atomic E-state index is 15.3. The van der Waals surface area contributed by atoms with Crippen LogP contribution in [0, 0.1) is 41.4 Å². The van der Waals surface area contributed by atoms with E-state index in [1.54, 1.807) is 0 Å². The molecule has 7 aliphatic rings. The number of halogens is 5. The maximum atomic E-state index is 15.3. The monoisotopic (exact) mass is 666 g/mol. The Morgan fingerprint density at radius 2 is 1.56 bits per heavy atom. The number of carbonyl (C=O) groups is 1. The number of hydrogen-bond donors (Lipinski definition) is 1. The van der Waals surface area contributed by atoms with E-state index in [1.165, 1.54) is 4.31 Å². The summed E-state index contributed by atoms with van der Waals surface area (Å²) >= 11 is 0. The number of sulfonamides is 1. The fourth-order valence-corrected chi connectivity index (χ4v) is 12.5. The number of carbonyl (C=O) groups excluding carboxylic acids is 1. The molecule has 45 heavy (non-hydrogen) atoms. The van der Waals surface area contributed by atoms with Gasteiger partial charge in [0.2, 0.25) is 15.9 Å². The lowest BCUT2D eigenvalue weighted by molar-refractivity contribution is -0.215. The first-order valence-corrected chi connectivity index (χ1v) is 19.1. The molecule has 1 amide bonds. The molecule has 7 rings (SSSR count). The molecule has 7 fully saturated rings. The Hall–Kier alpha value is -1.01. The predicted octanol–water partition coefficient (Wildman–Crippen LogP) is 6.73. The van der Waals surface area contributed by atoms with E-state index in [9.17, 15) is 30.8 Å². The summed E-state index contributed by atoms with van der Waals surface area (Å²) in [7, 11) is -4.15. The van der Waals surface area contributed by atoms with Gasteiger partial charge in [-0.15, -0.1) is 0 Å². The molecule has 1 saturated heterocycles. The van der Waals surface area contributed by atoms with Crippen LogP contribution in [-0.2, 0) is 19.6 Å². The standard InChI is InChI=1S/C33H51F5N2O4S/c1-19-27-15-21(26-10-8-24(34)9-11-29(26)35)7-12-30(27)44-25(17-39-32(41)20-5-3-2-4-6-20)18-40(19)45(42,43)31-16-28(33(36,37)38)22-13-23(31)14-22/h19-31H,2-18H2,1H3,(H,39,41)/t19?,21?,22?,23?,24-,25+,26?,27?,28?,29?,30?,31?/m1/s1. The van der Waals surface area contributed by atoms with Gasteiger partial charge in [-0.2, -0.15) is 17.5 Å². The lowest BCUT2D eigenvalue weighted by Crippen LogP contribution is -2.58. The third kappa shape index (κ3) is 7.08. The molecule has 0 aromatic carbocycles. The number of nitrogens with zero attached hydrogens (tertiary/aromatic N) is 1. The average Bonchev–Trinajstić information content (AvgIpc) is 3.26. The Bertz CT molecular complexity index is 1140. The molecule has 6 aliphatic carbocycles. The van der Waals surface area contributed by atoms with E-state index < -0.39 is 64.2 Å². The molecule has 1 N–H and O–H groups in total. The van der Waals surface area contributed by atoms with Crippen molar-refractivity contribution in [3.05, 3.63) is 0 Å². The predicted molar refractivity (Wildman–Crippen MR) is 160 cm³/mol. The second kappa shape index (κ2) is 13.5. The van der Waals surface area contributed by atoms with E-state index in [0.717, 1.165) is 32.1 Å². The molecule has 8 unspecified atom stereocenters. The van der Waals surface area contributed by atoms with Crippen LogP contribution in [0.5, 0.6) is 0 Å². The van der Waals surface area contributed by atoms with Crippen molar-refractivity contribution in [2.75, 3.05) is 13.1 Å². The van der Waals surface area contributed by atoms with Crippen LogP contribution in [0.4, 0.5) is 22.0 Å². The molecule has 1 heterocycles. The van der Waals surface area contributed by atoms with E-state index in [1.807, 2.05) is 6.92 Å². The lowest BCUT2D eigenvalue weighted by atomic mass is 9.59. The highest BCUT2D eigenvalue weighted by Crippen LogP contribution is 2.57. The number of alkyl halides is 5. The van der Waals surface area contributed by atoms with Gasteiger partial charge < -0.3 is 10.1 Å². The van der Waals surface area contributed by atoms with Crippen LogP contribution in [0.25, 0.3) is 0 Å². The number of ether oxygens (including phenoxy) is 1. The molecular weight excluding hydrogens is 615 g/mol. The SMILES string of the molecule is CC1C2CC(C3CC[C@@H](F)CCC3F)CCC2O[C@@H](CNC(=O)C2CCCCC2)CN1S(=O)(=O)C1CC(C(F)(F)F)C2CC1C2. The first kappa shape index (κ1) is 33.9. The molecule has 12 heteroatoms.